The molecule has 1 unspecified atom stereocenters. The Morgan fingerprint density at radius 2 is 2.17 bits per heavy atom. The minimum atomic E-state index is -0.456. The van der Waals surface area contributed by atoms with Gasteiger partial charge >= 0.3 is 0 Å². The lowest BCUT2D eigenvalue weighted by Crippen LogP contribution is -2.37. The van der Waals surface area contributed by atoms with E-state index in [1.807, 2.05) is 0 Å². The van der Waals surface area contributed by atoms with Crippen molar-refractivity contribution in [1.29, 1.82) is 0 Å². The van der Waals surface area contributed by atoms with Crippen LogP contribution >= 0.6 is 12.4 Å². The highest BCUT2D eigenvalue weighted by Crippen LogP contribution is 2.15. The van der Waals surface area contributed by atoms with Crippen molar-refractivity contribution >= 4 is 24.0 Å². The van der Waals surface area contributed by atoms with Crippen LogP contribution in [0.2, 0.25) is 0 Å². The van der Waals surface area contributed by atoms with E-state index in [-0.39, 0.29) is 24.0 Å². The molecule has 1 aromatic heterocycles. The lowest BCUT2D eigenvalue weighted by molar-refractivity contribution is -0.384. The molecule has 9 heteroatoms. The van der Waals surface area contributed by atoms with E-state index in [9.17, 15) is 14.9 Å². The van der Waals surface area contributed by atoms with Crippen molar-refractivity contribution in [2.24, 2.45) is 0 Å². The fourth-order valence-corrected chi connectivity index (χ4v) is 2.56. The second-order valence-electron chi connectivity index (χ2n) is 5.45. The summed E-state index contributed by atoms with van der Waals surface area (Å²) in [5.74, 6) is -0.174. The number of hydrogen-bond donors (Lipinski definition) is 2. The van der Waals surface area contributed by atoms with E-state index < -0.39 is 4.92 Å². The molecule has 128 valence electrons. The van der Waals surface area contributed by atoms with Crippen LogP contribution < -0.4 is 10.6 Å². The van der Waals surface area contributed by atoms with Crippen LogP contribution in [0, 0.1) is 10.1 Å². The zero-order valence-corrected chi connectivity index (χ0v) is 13.7. The van der Waals surface area contributed by atoms with Crippen LogP contribution in [0.15, 0.2) is 36.7 Å². The topological polar surface area (TPSA) is 102 Å². The van der Waals surface area contributed by atoms with Crippen LogP contribution in [-0.4, -0.2) is 39.7 Å². The second-order valence-corrected chi connectivity index (χ2v) is 5.45. The molecule has 1 aromatic carbocycles. The lowest BCUT2D eigenvalue weighted by Gasteiger charge is -2.10. The number of aromatic nitrogens is 2. The number of non-ortho nitro benzene ring substituents is 1. The minimum Gasteiger partial charge on any atom is -0.350 e. The summed E-state index contributed by atoms with van der Waals surface area (Å²) in [6.07, 6.45) is 5.30. The van der Waals surface area contributed by atoms with Gasteiger partial charge in [0.2, 0.25) is 0 Å². The molecule has 1 atom stereocenters. The molecule has 1 aliphatic heterocycles. The van der Waals surface area contributed by atoms with Gasteiger partial charge in [-0.15, -0.1) is 12.4 Å². The monoisotopic (exact) mass is 351 g/mol. The van der Waals surface area contributed by atoms with Crippen molar-refractivity contribution in [3.63, 3.8) is 0 Å². The number of halogens is 1. The number of rotatable bonds is 5. The second kappa shape index (κ2) is 7.89. The maximum absolute atomic E-state index is 12.1. The molecule has 0 aliphatic carbocycles. The summed E-state index contributed by atoms with van der Waals surface area (Å²) in [7, 11) is 0. The first-order valence-corrected chi connectivity index (χ1v) is 7.44. The summed E-state index contributed by atoms with van der Waals surface area (Å²) in [4.78, 5) is 22.3. The van der Waals surface area contributed by atoms with Gasteiger partial charge in [-0.1, -0.05) is 0 Å². The van der Waals surface area contributed by atoms with E-state index in [1.165, 1.54) is 23.0 Å². The van der Waals surface area contributed by atoms with E-state index in [0.29, 0.717) is 23.8 Å². The van der Waals surface area contributed by atoms with Crippen LogP contribution in [0.5, 0.6) is 0 Å². The summed E-state index contributed by atoms with van der Waals surface area (Å²) in [5.41, 5.74) is 1.14. The highest BCUT2D eigenvalue weighted by Gasteiger charge is 2.16. The quantitative estimate of drug-likeness (QED) is 0.630. The molecule has 0 saturated carbocycles. The lowest BCUT2D eigenvalue weighted by atomic mass is 10.2. The van der Waals surface area contributed by atoms with Gasteiger partial charge in [-0.2, -0.15) is 5.10 Å². The van der Waals surface area contributed by atoms with Gasteiger partial charge in [0.1, 0.15) is 0 Å². The molecule has 2 N–H and O–H groups in total. The maximum Gasteiger partial charge on any atom is 0.269 e. The number of amides is 1. The van der Waals surface area contributed by atoms with E-state index in [0.717, 1.165) is 19.4 Å². The molecule has 1 aliphatic rings. The predicted octanol–water partition coefficient (Wildman–Crippen LogP) is 1.68. The van der Waals surface area contributed by atoms with Crippen LogP contribution in [0.3, 0.4) is 0 Å². The third-order valence-electron chi connectivity index (χ3n) is 3.84. The van der Waals surface area contributed by atoms with E-state index in [4.69, 9.17) is 0 Å². The molecule has 0 radical (unpaired) electrons. The molecule has 24 heavy (non-hydrogen) atoms. The van der Waals surface area contributed by atoms with Gasteiger partial charge in [-0.3, -0.25) is 14.9 Å². The number of benzene rings is 1. The smallest absolute Gasteiger partial charge is 0.269 e. The van der Waals surface area contributed by atoms with Gasteiger partial charge in [0.05, 0.1) is 22.4 Å². The number of carbonyl (C=O) groups is 1. The van der Waals surface area contributed by atoms with Crippen LogP contribution in [-0.2, 0) is 0 Å². The molecular weight excluding hydrogens is 334 g/mol. The Kier molecular flexibility index (Phi) is 5.88. The molecular formula is C15H18ClN5O3. The first-order valence-electron chi connectivity index (χ1n) is 7.44. The number of carbonyl (C=O) groups excluding carboxylic acids is 1. The summed E-state index contributed by atoms with van der Waals surface area (Å²) in [6, 6.07) is 6.33. The highest BCUT2D eigenvalue weighted by molar-refractivity contribution is 5.93. The summed E-state index contributed by atoms with van der Waals surface area (Å²) < 4.78 is 1.52. The number of hydrogen-bond acceptors (Lipinski definition) is 5. The van der Waals surface area contributed by atoms with Crippen molar-refractivity contribution in [1.82, 2.24) is 20.4 Å². The summed E-state index contributed by atoms with van der Waals surface area (Å²) >= 11 is 0. The Morgan fingerprint density at radius 1 is 1.42 bits per heavy atom. The van der Waals surface area contributed by atoms with Gasteiger partial charge in [0.15, 0.2) is 0 Å². The van der Waals surface area contributed by atoms with Gasteiger partial charge in [0.25, 0.3) is 11.6 Å². The Bertz CT molecular complexity index is 710. The molecule has 1 amide bonds. The number of nitrogens with zero attached hydrogens (tertiary/aromatic N) is 3. The molecule has 0 bridgehead atoms. The van der Waals surface area contributed by atoms with Crippen LogP contribution in [0.25, 0.3) is 5.69 Å². The SMILES string of the molecule is Cl.O=C(NCC1CCCN1)c1cnn(-c2ccc([N+](=O)[O-])cc2)c1. The van der Waals surface area contributed by atoms with E-state index in [2.05, 4.69) is 15.7 Å². The number of nitrogens with one attached hydrogen (secondary N) is 2. The Morgan fingerprint density at radius 3 is 2.79 bits per heavy atom. The highest BCUT2D eigenvalue weighted by atomic mass is 35.5. The summed E-state index contributed by atoms with van der Waals surface area (Å²) in [6.45, 7) is 1.60. The third kappa shape index (κ3) is 4.09. The molecule has 2 heterocycles. The van der Waals surface area contributed by atoms with Crippen molar-refractivity contribution in [2.45, 2.75) is 18.9 Å². The zero-order valence-electron chi connectivity index (χ0n) is 12.8. The number of nitro groups is 1. The fraction of sp³-hybridized carbons (Fsp3) is 0.333. The predicted molar refractivity (Wildman–Crippen MR) is 90.8 cm³/mol. The maximum atomic E-state index is 12.1. The Balaban J connectivity index is 0.00000208. The standard InChI is InChI=1S/C15H17N5O3.ClH/c21-15(17-9-12-2-1-7-16-12)11-8-18-19(10-11)13-3-5-14(6-4-13)20(22)23;/h3-6,8,10,12,16H,1-2,7,9H2,(H,17,21);1H. The Labute approximate surface area is 144 Å². The van der Waals surface area contributed by atoms with Crippen molar-refractivity contribution in [2.75, 3.05) is 13.1 Å². The van der Waals surface area contributed by atoms with Crippen LogP contribution in [0.1, 0.15) is 23.2 Å². The molecule has 2 aromatic rings. The largest absolute Gasteiger partial charge is 0.350 e. The number of nitro benzene ring substituents is 1. The zero-order chi connectivity index (χ0) is 16.2. The van der Waals surface area contributed by atoms with Gasteiger partial charge in [-0.05, 0) is 31.5 Å². The van der Waals surface area contributed by atoms with E-state index >= 15 is 0 Å². The van der Waals surface area contributed by atoms with Crippen LogP contribution in [0.4, 0.5) is 5.69 Å². The molecule has 0 spiro atoms. The third-order valence-corrected chi connectivity index (χ3v) is 3.84. The van der Waals surface area contributed by atoms with Crippen molar-refractivity contribution in [3.8, 4) is 5.69 Å². The van der Waals surface area contributed by atoms with E-state index in [1.54, 1.807) is 18.3 Å². The Hall–Kier alpha value is -2.45. The normalized spacial score (nSPS) is 16.4. The average Bonchev–Trinajstić information content (AvgIpc) is 3.24. The first kappa shape index (κ1) is 17.9. The first-order chi connectivity index (χ1) is 11.1. The minimum absolute atomic E-state index is 0. The molecule has 8 nitrogen and oxygen atoms in total. The van der Waals surface area contributed by atoms with Gasteiger partial charge in [-0.25, -0.2) is 4.68 Å². The molecule has 1 saturated heterocycles. The molecule has 3 rings (SSSR count). The van der Waals surface area contributed by atoms with Crippen molar-refractivity contribution in [3.05, 3.63) is 52.3 Å². The molecule has 1 fully saturated rings. The fourth-order valence-electron chi connectivity index (χ4n) is 2.56. The van der Waals surface area contributed by atoms with Gasteiger partial charge in [0, 0.05) is 30.9 Å². The van der Waals surface area contributed by atoms with Gasteiger partial charge < -0.3 is 10.6 Å². The average molecular weight is 352 g/mol. The van der Waals surface area contributed by atoms with Crippen molar-refractivity contribution < 1.29 is 9.72 Å². The summed E-state index contributed by atoms with van der Waals surface area (Å²) in [5, 5.41) is 21.0.